The predicted octanol–water partition coefficient (Wildman–Crippen LogP) is 2.97. The van der Waals surface area contributed by atoms with E-state index in [0.29, 0.717) is 5.57 Å². The number of carbonyl (C=O) groups is 1. The summed E-state index contributed by atoms with van der Waals surface area (Å²) >= 11 is 0. The second kappa shape index (κ2) is 8.61. The molecule has 1 saturated heterocycles. The van der Waals surface area contributed by atoms with E-state index in [1.54, 1.807) is 5.32 Å². The number of nitrogens with zero attached hydrogens (tertiary/aromatic N) is 1. The van der Waals surface area contributed by atoms with Gasteiger partial charge in [0.05, 0.1) is 4.90 Å². The van der Waals surface area contributed by atoms with Crippen LogP contribution in [0.2, 0.25) is 0 Å². The Hall–Kier alpha value is -2.28. The van der Waals surface area contributed by atoms with Crippen molar-refractivity contribution in [2.75, 3.05) is 19.6 Å². The van der Waals surface area contributed by atoms with Crippen LogP contribution in [0.3, 0.4) is 0 Å². The lowest BCUT2D eigenvalue weighted by Crippen LogP contribution is -2.37. The van der Waals surface area contributed by atoms with Gasteiger partial charge in [0.1, 0.15) is 12.3 Å². The Morgan fingerprint density at radius 3 is 2.10 bits per heavy atom. The van der Waals surface area contributed by atoms with Gasteiger partial charge < -0.3 is 10.1 Å². The lowest BCUT2D eigenvalue weighted by Gasteiger charge is -2.27. The van der Waals surface area contributed by atoms with E-state index in [9.17, 15) is 39.6 Å². The molecule has 1 fully saturated rings. The van der Waals surface area contributed by atoms with Crippen molar-refractivity contribution in [2.45, 2.75) is 30.3 Å². The van der Waals surface area contributed by atoms with Gasteiger partial charge in [-0.3, -0.25) is 4.79 Å². The summed E-state index contributed by atoms with van der Waals surface area (Å²) in [5.41, 5.74) is 0.491. The van der Waals surface area contributed by atoms with E-state index in [-0.39, 0.29) is 30.8 Å². The number of rotatable bonds is 5. The Morgan fingerprint density at radius 2 is 1.62 bits per heavy atom. The maximum atomic E-state index is 12.6. The van der Waals surface area contributed by atoms with Gasteiger partial charge in [0, 0.05) is 19.2 Å². The first-order valence-electron chi connectivity index (χ1n) is 8.16. The van der Waals surface area contributed by atoms with Gasteiger partial charge >= 0.3 is 12.5 Å². The zero-order valence-corrected chi connectivity index (χ0v) is 15.5. The van der Waals surface area contributed by atoms with Crippen LogP contribution in [0.4, 0.5) is 26.3 Å². The van der Waals surface area contributed by atoms with E-state index < -0.39 is 40.8 Å². The van der Waals surface area contributed by atoms with Gasteiger partial charge in [-0.1, -0.05) is 5.57 Å². The van der Waals surface area contributed by atoms with Gasteiger partial charge in [-0.05, 0) is 37.1 Å². The number of halogens is 6. The van der Waals surface area contributed by atoms with Crippen molar-refractivity contribution in [1.29, 1.82) is 0 Å². The lowest BCUT2D eigenvalue weighted by molar-refractivity contribution is -0.274. The molecule has 0 bridgehead atoms. The van der Waals surface area contributed by atoms with Gasteiger partial charge in [0.2, 0.25) is 15.9 Å². The van der Waals surface area contributed by atoms with Crippen LogP contribution in [0.5, 0.6) is 5.75 Å². The fourth-order valence-electron chi connectivity index (χ4n) is 2.54. The second-order valence-corrected chi connectivity index (χ2v) is 8.00. The molecule has 6 nitrogen and oxygen atoms in total. The molecule has 29 heavy (non-hydrogen) atoms. The van der Waals surface area contributed by atoms with Gasteiger partial charge in [0.15, 0.2) is 0 Å². The highest BCUT2D eigenvalue weighted by Gasteiger charge is 2.32. The van der Waals surface area contributed by atoms with Crippen LogP contribution in [0.25, 0.3) is 0 Å². The standard InChI is InChI=1S/C16H16F6N2O4S/c17-15(18,19)10-23-14(25)9-11-5-7-24(8-6-11)29(26,27)13-3-1-12(2-4-13)28-16(20,21)22/h1-4,9H,5-8,10H2,(H,23,25). The third kappa shape index (κ3) is 7.24. The Labute approximate surface area is 162 Å². The fraction of sp³-hybridized carbons (Fsp3) is 0.438. The summed E-state index contributed by atoms with van der Waals surface area (Å²) in [5, 5.41) is 1.69. The Morgan fingerprint density at radius 1 is 1.07 bits per heavy atom. The van der Waals surface area contributed by atoms with E-state index in [4.69, 9.17) is 0 Å². The number of alkyl halides is 6. The number of hydrogen-bond acceptors (Lipinski definition) is 4. The van der Waals surface area contributed by atoms with Crippen molar-refractivity contribution in [1.82, 2.24) is 9.62 Å². The largest absolute Gasteiger partial charge is 0.573 e. The molecule has 162 valence electrons. The first kappa shape index (κ1) is 23.0. The Bertz CT molecular complexity index is 853. The molecule has 1 heterocycles. The fourth-order valence-corrected chi connectivity index (χ4v) is 3.99. The van der Waals surface area contributed by atoms with Gasteiger partial charge in [0.25, 0.3) is 0 Å². The number of ether oxygens (including phenoxy) is 1. The number of benzene rings is 1. The number of carbonyl (C=O) groups excluding carboxylic acids is 1. The third-order valence-electron chi connectivity index (χ3n) is 3.86. The number of amides is 1. The molecule has 13 heteroatoms. The molecule has 0 radical (unpaired) electrons. The van der Waals surface area contributed by atoms with Crippen molar-refractivity contribution in [3.8, 4) is 5.75 Å². The van der Waals surface area contributed by atoms with Crippen molar-refractivity contribution >= 4 is 15.9 Å². The van der Waals surface area contributed by atoms with Crippen molar-refractivity contribution in [3.05, 3.63) is 35.9 Å². The highest BCUT2D eigenvalue weighted by molar-refractivity contribution is 7.89. The van der Waals surface area contributed by atoms with Crippen LogP contribution in [-0.4, -0.2) is 50.8 Å². The zero-order valence-electron chi connectivity index (χ0n) is 14.7. The molecule has 2 rings (SSSR count). The number of sulfonamides is 1. The predicted molar refractivity (Wildman–Crippen MR) is 88.3 cm³/mol. The van der Waals surface area contributed by atoms with Crippen LogP contribution in [-0.2, 0) is 14.8 Å². The minimum atomic E-state index is -4.90. The summed E-state index contributed by atoms with van der Waals surface area (Å²) in [6.45, 7) is -1.52. The highest BCUT2D eigenvalue weighted by atomic mass is 32.2. The van der Waals surface area contributed by atoms with Crippen molar-refractivity contribution in [2.24, 2.45) is 0 Å². The van der Waals surface area contributed by atoms with Crippen LogP contribution >= 0.6 is 0 Å². The Kier molecular flexibility index (Phi) is 6.83. The average Bonchev–Trinajstić information content (AvgIpc) is 2.59. The molecule has 1 aliphatic heterocycles. The van der Waals surface area contributed by atoms with E-state index in [2.05, 4.69) is 4.74 Å². The monoisotopic (exact) mass is 446 g/mol. The normalized spacial score (nSPS) is 16.4. The molecule has 0 spiro atoms. The van der Waals surface area contributed by atoms with E-state index in [1.165, 1.54) is 0 Å². The van der Waals surface area contributed by atoms with Crippen LogP contribution in [0.15, 0.2) is 40.8 Å². The molecule has 0 aliphatic carbocycles. The number of nitrogens with one attached hydrogen (secondary N) is 1. The van der Waals surface area contributed by atoms with Crippen LogP contribution in [0.1, 0.15) is 12.8 Å². The molecule has 0 saturated carbocycles. The molecular weight excluding hydrogens is 430 g/mol. The summed E-state index contributed by atoms with van der Waals surface area (Å²) in [5.74, 6) is -1.49. The Balaban J connectivity index is 1.97. The van der Waals surface area contributed by atoms with Crippen molar-refractivity contribution < 1.29 is 44.3 Å². The van der Waals surface area contributed by atoms with Crippen LogP contribution in [0, 0.1) is 0 Å². The molecule has 1 aromatic rings. The number of hydrogen-bond donors (Lipinski definition) is 1. The maximum absolute atomic E-state index is 12.6. The first-order chi connectivity index (χ1) is 13.3. The molecule has 1 N–H and O–H groups in total. The lowest BCUT2D eigenvalue weighted by atomic mass is 10.1. The second-order valence-electron chi connectivity index (χ2n) is 6.06. The maximum Gasteiger partial charge on any atom is 0.573 e. The SMILES string of the molecule is O=C(C=C1CCN(S(=O)(=O)c2ccc(OC(F)(F)F)cc2)CC1)NCC(F)(F)F. The van der Waals surface area contributed by atoms with Gasteiger partial charge in [-0.15, -0.1) is 13.2 Å². The summed E-state index contributed by atoms with van der Waals surface area (Å²) < 4.78 is 103. The van der Waals surface area contributed by atoms with Crippen LogP contribution < -0.4 is 10.1 Å². The minimum Gasteiger partial charge on any atom is -0.406 e. The minimum absolute atomic E-state index is 0.0263. The molecule has 0 atom stereocenters. The van der Waals surface area contributed by atoms with Gasteiger partial charge in [-0.2, -0.15) is 17.5 Å². The molecule has 1 aromatic carbocycles. The summed E-state index contributed by atoms with van der Waals surface area (Å²) in [6.07, 6.45) is -8.16. The number of piperidine rings is 1. The molecule has 0 unspecified atom stereocenters. The molecule has 1 aliphatic rings. The third-order valence-corrected chi connectivity index (χ3v) is 5.77. The zero-order chi connectivity index (χ0) is 21.9. The van der Waals surface area contributed by atoms with Crippen molar-refractivity contribution in [3.63, 3.8) is 0 Å². The summed E-state index contributed by atoms with van der Waals surface area (Å²) in [6, 6.07) is 3.71. The summed E-state index contributed by atoms with van der Waals surface area (Å²) in [4.78, 5) is 11.2. The first-order valence-corrected chi connectivity index (χ1v) is 9.60. The van der Waals surface area contributed by atoms with E-state index >= 15 is 0 Å². The van der Waals surface area contributed by atoms with E-state index in [0.717, 1.165) is 34.6 Å². The van der Waals surface area contributed by atoms with Gasteiger partial charge in [-0.25, -0.2) is 8.42 Å². The molecular formula is C16H16F6N2O4S. The smallest absolute Gasteiger partial charge is 0.406 e. The topological polar surface area (TPSA) is 75.7 Å². The quantitative estimate of drug-likeness (QED) is 0.558. The summed E-state index contributed by atoms with van der Waals surface area (Å²) in [7, 11) is -3.98. The average molecular weight is 446 g/mol. The van der Waals surface area contributed by atoms with E-state index in [1.807, 2.05) is 0 Å². The molecule has 0 aromatic heterocycles. The molecule has 1 amide bonds. The highest BCUT2D eigenvalue weighted by Crippen LogP contribution is 2.27.